The highest BCUT2D eigenvalue weighted by atomic mass is 35.5. The molecule has 0 heterocycles. The van der Waals surface area contributed by atoms with Gasteiger partial charge in [0.1, 0.15) is 0 Å². The Balaban J connectivity index is 2.09. The van der Waals surface area contributed by atoms with Gasteiger partial charge < -0.3 is 11.1 Å². The number of nitrogens with two attached hydrogens (primary N) is 1. The molecule has 0 saturated carbocycles. The third-order valence-electron chi connectivity index (χ3n) is 3.17. The summed E-state index contributed by atoms with van der Waals surface area (Å²) in [6.07, 6.45) is 0. The average Bonchev–Trinajstić information content (AvgIpc) is 2.47. The zero-order valence-electron chi connectivity index (χ0n) is 11.3. The molecule has 0 aliphatic carbocycles. The molecule has 2 rings (SSSR count). The molecule has 0 unspecified atom stereocenters. The molecule has 3 nitrogen and oxygen atoms in total. The minimum Gasteiger partial charge on any atom is -0.345 e. The lowest BCUT2D eigenvalue weighted by Gasteiger charge is -2.15. The number of carbonyl (C=O) groups is 1. The zero-order valence-corrected chi connectivity index (χ0v) is 12.0. The maximum absolute atomic E-state index is 12.2. The van der Waals surface area contributed by atoms with E-state index >= 15 is 0 Å². The van der Waals surface area contributed by atoms with Crippen molar-refractivity contribution in [3.05, 3.63) is 70.2 Å². The van der Waals surface area contributed by atoms with E-state index < -0.39 is 0 Å². The van der Waals surface area contributed by atoms with Crippen LogP contribution in [-0.4, -0.2) is 5.91 Å². The minimum atomic E-state index is -0.148. The SMILES string of the molecule is C[C@H](NC(=O)c1ccc(CN)cc1)c1ccccc1Cl. The molecule has 104 valence electrons. The Kier molecular flexibility index (Phi) is 4.77. The number of benzene rings is 2. The molecule has 4 heteroatoms. The van der Waals surface area contributed by atoms with Gasteiger partial charge in [0, 0.05) is 17.1 Å². The third-order valence-corrected chi connectivity index (χ3v) is 3.52. The van der Waals surface area contributed by atoms with Crippen molar-refractivity contribution in [3.8, 4) is 0 Å². The standard InChI is InChI=1S/C16H17ClN2O/c1-11(14-4-2-3-5-15(14)17)19-16(20)13-8-6-12(10-18)7-9-13/h2-9,11H,10,18H2,1H3,(H,19,20)/t11-/m0/s1. The first-order valence-corrected chi connectivity index (χ1v) is 6.84. The van der Waals surface area contributed by atoms with Crippen LogP contribution >= 0.6 is 11.6 Å². The number of halogens is 1. The Morgan fingerprint density at radius 2 is 1.85 bits per heavy atom. The van der Waals surface area contributed by atoms with E-state index in [1.165, 1.54) is 0 Å². The molecule has 3 N–H and O–H groups in total. The summed E-state index contributed by atoms with van der Waals surface area (Å²) in [5.41, 5.74) is 8.05. The summed E-state index contributed by atoms with van der Waals surface area (Å²) in [4.78, 5) is 12.2. The monoisotopic (exact) mass is 288 g/mol. The predicted octanol–water partition coefficient (Wildman–Crippen LogP) is 3.29. The van der Waals surface area contributed by atoms with E-state index in [1.54, 1.807) is 12.1 Å². The molecule has 0 spiro atoms. The van der Waals surface area contributed by atoms with Crippen molar-refractivity contribution in [3.63, 3.8) is 0 Å². The molecule has 1 atom stereocenters. The third kappa shape index (κ3) is 3.38. The first-order chi connectivity index (χ1) is 9.61. The van der Waals surface area contributed by atoms with Crippen molar-refractivity contribution in [1.82, 2.24) is 5.32 Å². The maximum atomic E-state index is 12.2. The van der Waals surface area contributed by atoms with Gasteiger partial charge in [-0.3, -0.25) is 4.79 Å². The molecule has 0 bridgehead atoms. The summed E-state index contributed by atoms with van der Waals surface area (Å²) >= 11 is 6.12. The van der Waals surface area contributed by atoms with Crippen LogP contribution in [0.2, 0.25) is 5.02 Å². The van der Waals surface area contributed by atoms with Gasteiger partial charge in [0.25, 0.3) is 5.91 Å². The number of nitrogens with one attached hydrogen (secondary N) is 1. The fourth-order valence-corrected chi connectivity index (χ4v) is 2.28. The number of hydrogen-bond acceptors (Lipinski definition) is 2. The summed E-state index contributed by atoms with van der Waals surface area (Å²) < 4.78 is 0. The van der Waals surface area contributed by atoms with E-state index in [0.29, 0.717) is 17.1 Å². The van der Waals surface area contributed by atoms with E-state index in [4.69, 9.17) is 17.3 Å². The van der Waals surface area contributed by atoms with Crippen LogP contribution in [0, 0.1) is 0 Å². The van der Waals surface area contributed by atoms with E-state index in [0.717, 1.165) is 11.1 Å². The van der Waals surface area contributed by atoms with Crippen molar-refractivity contribution in [2.24, 2.45) is 5.73 Å². The van der Waals surface area contributed by atoms with Gasteiger partial charge in [-0.1, -0.05) is 41.9 Å². The van der Waals surface area contributed by atoms with E-state index in [1.807, 2.05) is 43.3 Å². The Morgan fingerprint density at radius 1 is 1.20 bits per heavy atom. The van der Waals surface area contributed by atoms with Crippen LogP contribution in [0.3, 0.4) is 0 Å². The van der Waals surface area contributed by atoms with Crippen LogP contribution in [0.5, 0.6) is 0 Å². The van der Waals surface area contributed by atoms with Crippen LogP contribution in [0.25, 0.3) is 0 Å². The van der Waals surface area contributed by atoms with Crippen molar-refractivity contribution >= 4 is 17.5 Å². The molecule has 0 fully saturated rings. The molecular formula is C16H17ClN2O. The number of rotatable bonds is 4. The normalized spacial score (nSPS) is 11.9. The lowest BCUT2D eigenvalue weighted by molar-refractivity contribution is 0.0940. The first-order valence-electron chi connectivity index (χ1n) is 6.46. The fraction of sp³-hybridized carbons (Fsp3) is 0.188. The van der Waals surface area contributed by atoms with Crippen molar-refractivity contribution in [1.29, 1.82) is 0 Å². The van der Waals surface area contributed by atoms with Crippen LogP contribution < -0.4 is 11.1 Å². The maximum Gasteiger partial charge on any atom is 0.251 e. The van der Waals surface area contributed by atoms with Crippen molar-refractivity contribution in [2.75, 3.05) is 0 Å². The fourth-order valence-electron chi connectivity index (χ4n) is 1.98. The second-order valence-electron chi connectivity index (χ2n) is 4.62. The Labute approximate surface area is 123 Å². The van der Waals surface area contributed by atoms with E-state index in [9.17, 15) is 4.79 Å². The lowest BCUT2D eigenvalue weighted by atomic mass is 10.1. The smallest absolute Gasteiger partial charge is 0.251 e. The topological polar surface area (TPSA) is 55.1 Å². The summed E-state index contributed by atoms with van der Waals surface area (Å²) in [5.74, 6) is -0.124. The highest BCUT2D eigenvalue weighted by Crippen LogP contribution is 2.22. The molecule has 1 amide bonds. The molecule has 0 saturated heterocycles. The summed E-state index contributed by atoms with van der Waals surface area (Å²) in [7, 11) is 0. The molecule has 0 aliphatic rings. The predicted molar refractivity (Wildman–Crippen MR) is 81.7 cm³/mol. The summed E-state index contributed by atoms with van der Waals surface area (Å²) in [6.45, 7) is 2.38. The average molecular weight is 289 g/mol. The Bertz CT molecular complexity index is 596. The summed E-state index contributed by atoms with van der Waals surface area (Å²) in [5, 5.41) is 3.59. The molecule has 2 aromatic carbocycles. The van der Waals surface area contributed by atoms with Gasteiger partial charge in [-0.15, -0.1) is 0 Å². The van der Waals surface area contributed by atoms with Gasteiger partial charge in [-0.05, 0) is 36.2 Å². The molecule has 0 aliphatic heterocycles. The number of carbonyl (C=O) groups excluding carboxylic acids is 1. The molecule has 20 heavy (non-hydrogen) atoms. The van der Waals surface area contributed by atoms with Crippen LogP contribution in [0.1, 0.15) is 34.5 Å². The van der Waals surface area contributed by atoms with Gasteiger partial charge in [0.05, 0.1) is 6.04 Å². The van der Waals surface area contributed by atoms with Crippen molar-refractivity contribution < 1.29 is 4.79 Å². The Morgan fingerprint density at radius 3 is 2.45 bits per heavy atom. The summed E-state index contributed by atoms with van der Waals surface area (Å²) in [6, 6.07) is 14.6. The van der Waals surface area contributed by atoms with Gasteiger partial charge in [0.2, 0.25) is 0 Å². The lowest BCUT2D eigenvalue weighted by Crippen LogP contribution is -2.26. The first kappa shape index (κ1) is 14.6. The van der Waals surface area contributed by atoms with Gasteiger partial charge in [0.15, 0.2) is 0 Å². The van der Waals surface area contributed by atoms with Crippen molar-refractivity contribution in [2.45, 2.75) is 19.5 Å². The highest BCUT2D eigenvalue weighted by Gasteiger charge is 2.13. The van der Waals surface area contributed by atoms with E-state index in [-0.39, 0.29) is 11.9 Å². The Hall–Kier alpha value is -1.84. The molecule has 0 radical (unpaired) electrons. The van der Waals surface area contributed by atoms with Gasteiger partial charge >= 0.3 is 0 Å². The molecule has 0 aromatic heterocycles. The molecule has 2 aromatic rings. The van der Waals surface area contributed by atoms with Gasteiger partial charge in [-0.2, -0.15) is 0 Å². The zero-order chi connectivity index (χ0) is 14.5. The van der Waals surface area contributed by atoms with E-state index in [2.05, 4.69) is 5.32 Å². The number of amides is 1. The highest BCUT2D eigenvalue weighted by molar-refractivity contribution is 6.31. The minimum absolute atomic E-state index is 0.124. The van der Waals surface area contributed by atoms with Crippen LogP contribution in [0.4, 0.5) is 0 Å². The van der Waals surface area contributed by atoms with Crippen LogP contribution in [-0.2, 0) is 6.54 Å². The second-order valence-corrected chi connectivity index (χ2v) is 5.02. The number of hydrogen-bond donors (Lipinski definition) is 2. The van der Waals surface area contributed by atoms with Gasteiger partial charge in [-0.25, -0.2) is 0 Å². The van der Waals surface area contributed by atoms with Crippen LogP contribution in [0.15, 0.2) is 48.5 Å². The second kappa shape index (κ2) is 6.55. The quantitative estimate of drug-likeness (QED) is 0.907. The largest absolute Gasteiger partial charge is 0.345 e. The molecular weight excluding hydrogens is 272 g/mol.